The van der Waals surface area contributed by atoms with E-state index >= 15 is 0 Å². The Morgan fingerprint density at radius 1 is 0.500 bits per heavy atom. The van der Waals surface area contributed by atoms with E-state index in [1.54, 1.807) is 0 Å². The van der Waals surface area contributed by atoms with Crippen LogP contribution in [-0.4, -0.2) is 154 Å². The van der Waals surface area contributed by atoms with Crippen LogP contribution in [0.2, 0.25) is 0 Å². The SMILES string of the molecule is [Fe].[K].[K].[K]. The maximum Gasteiger partial charge on any atom is 0 e. The standard InChI is InChI=1S/Fe.3K. The Balaban J connectivity index is 0. The summed E-state index contributed by atoms with van der Waals surface area (Å²) >= 11 is 0. The molecule has 0 amide bonds. The molecule has 0 aromatic heterocycles. The van der Waals surface area contributed by atoms with Gasteiger partial charge in [-0.15, -0.1) is 0 Å². The fraction of sp³-hybridized carbons (Fsp3) is 0. The van der Waals surface area contributed by atoms with Crippen molar-refractivity contribution in [2.45, 2.75) is 0 Å². The van der Waals surface area contributed by atoms with E-state index in [0.29, 0.717) is 0 Å². The Kier molecular flexibility index (Phi) is 89.7. The molecule has 0 aliphatic heterocycles. The summed E-state index contributed by atoms with van der Waals surface area (Å²) in [5, 5.41) is 0. The molecule has 0 aromatic rings. The Morgan fingerprint density at radius 2 is 0.500 bits per heavy atom. The van der Waals surface area contributed by atoms with Gasteiger partial charge in [0.15, 0.2) is 0 Å². The van der Waals surface area contributed by atoms with Gasteiger partial charge in [0.1, 0.15) is 0 Å². The van der Waals surface area contributed by atoms with Crippen LogP contribution in [0.3, 0.4) is 0 Å². The van der Waals surface area contributed by atoms with Crippen molar-refractivity contribution in [1.29, 1.82) is 0 Å². The average molecular weight is 173 g/mol. The normalized spacial score (nSPS) is 0. The van der Waals surface area contributed by atoms with Crippen LogP contribution in [0.5, 0.6) is 0 Å². The van der Waals surface area contributed by atoms with Crippen LogP contribution in [-0.2, 0) is 17.1 Å². The first-order valence-corrected chi connectivity index (χ1v) is 0. The van der Waals surface area contributed by atoms with Crippen LogP contribution in [0.1, 0.15) is 0 Å². The van der Waals surface area contributed by atoms with Crippen LogP contribution in [0, 0.1) is 0 Å². The first kappa shape index (κ1) is 22.7. The van der Waals surface area contributed by atoms with Gasteiger partial charge in [-0.2, -0.15) is 0 Å². The fourth-order valence-corrected chi connectivity index (χ4v) is 0. The van der Waals surface area contributed by atoms with Gasteiger partial charge in [0.2, 0.25) is 0 Å². The molecular weight excluding hydrogens is 173 g/mol. The molecule has 4 heavy (non-hydrogen) atoms. The smallest absolute Gasteiger partial charge is 0 e. The Labute approximate surface area is 165 Å². The predicted octanol–water partition coefficient (Wildman–Crippen LogP) is -1.14. The molecule has 0 unspecified atom stereocenters. The van der Waals surface area contributed by atoms with Gasteiger partial charge in [0.25, 0.3) is 0 Å². The maximum absolute atomic E-state index is 0. The molecule has 0 heterocycles. The van der Waals surface area contributed by atoms with E-state index in [1.165, 1.54) is 0 Å². The van der Waals surface area contributed by atoms with Gasteiger partial charge >= 0.3 is 0 Å². The second-order valence-electron chi connectivity index (χ2n) is 0. The molecular formula is FeK3. The van der Waals surface area contributed by atoms with Crippen LogP contribution >= 0.6 is 0 Å². The second-order valence-corrected chi connectivity index (χ2v) is 0. The van der Waals surface area contributed by atoms with E-state index in [2.05, 4.69) is 0 Å². The van der Waals surface area contributed by atoms with Crippen molar-refractivity contribution < 1.29 is 17.1 Å². The number of rotatable bonds is 0. The van der Waals surface area contributed by atoms with Crippen molar-refractivity contribution in [3.63, 3.8) is 0 Å². The van der Waals surface area contributed by atoms with Crippen LogP contribution in [0.25, 0.3) is 0 Å². The third-order valence-corrected chi connectivity index (χ3v) is 0. The molecule has 0 rings (SSSR count). The van der Waals surface area contributed by atoms with Crippen molar-refractivity contribution >= 4 is 154 Å². The molecule has 0 saturated carbocycles. The first-order valence-electron chi connectivity index (χ1n) is 0. The topological polar surface area (TPSA) is 0 Å². The zero-order chi connectivity index (χ0) is 0. The molecule has 0 saturated heterocycles. The number of hydrogen-bond acceptors (Lipinski definition) is 0. The van der Waals surface area contributed by atoms with E-state index in [4.69, 9.17) is 0 Å². The average Bonchev–Trinajstić information content (AvgIpc) is 0. The van der Waals surface area contributed by atoms with Gasteiger partial charge in [-0.25, -0.2) is 0 Å². The summed E-state index contributed by atoms with van der Waals surface area (Å²) in [6.45, 7) is 0. The largest absolute Gasteiger partial charge is 0 e. The first-order chi connectivity index (χ1) is 0. The van der Waals surface area contributed by atoms with Crippen LogP contribution in [0.4, 0.5) is 0 Å². The summed E-state index contributed by atoms with van der Waals surface area (Å²) in [6.07, 6.45) is 0. The summed E-state index contributed by atoms with van der Waals surface area (Å²) in [5.74, 6) is 0. The fourth-order valence-electron chi connectivity index (χ4n) is 0. The predicted molar refractivity (Wildman–Crippen MR) is 17.3 cm³/mol. The molecule has 0 atom stereocenters. The van der Waals surface area contributed by atoms with Crippen LogP contribution in [0.15, 0.2) is 0 Å². The second kappa shape index (κ2) is 15.8. The molecule has 4 heteroatoms. The van der Waals surface area contributed by atoms with E-state index in [0.717, 1.165) is 0 Å². The van der Waals surface area contributed by atoms with Crippen molar-refractivity contribution in [3.05, 3.63) is 0 Å². The monoisotopic (exact) mass is 173 g/mol. The minimum Gasteiger partial charge on any atom is 0 e. The molecule has 0 nitrogen and oxygen atoms in total. The number of hydrogen-bond donors (Lipinski definition) is 0. The molecule has 3 radical (unpaired) electrons. The molecule has 0 aromatic carbocycles. The minimum atomic E-state index is 0. The molecule has 0 aliphatic rings. The van der Waals surface area contributed by atoms with Gasteiger partial charge < -0.3 is 0 Å². The molecule has 0 spiro atoms. The van der Waals surface area contributed by atoms with E-state index in [1.807, 2.05) is 0 Å². The van der Waals surface area contributed by atoms with Gasteiger partial charge in [0.05, 0.1) is 0 Å². The Morgan fingerprint density at radius 3 is 0.500 bits per heavy atom. The molecule has 0 N–H and O–H groups in total. The molecule has 0 fully saturated rings. The van der Waals surface area contributed by atoms with Gasteiger partial charge in [-0.05, 0) is 0 Å². The Bertz CT molecular complexity index is 3.25. The summed E-state index contributed by atoms with van der Waals surface area (Å²) in [4.78, 5) is 0. The van der Waals surface area contributed by atoms with Gasteiger partial charge in [0, 0.05) is 171 Å². The summed E-state index contributed by atoms with van der Waals surface area (Å²) in [6, 6.07) is 0. The zero-order valence-corrected chi connectivity index (χ0v) is 13.8. The summed E-state index contributed by atoms with van der Waals surface area (Å²) < 4.78 is 0. The van der Waals surface area contributed by atoms with Gasteiger partial charge in [-0.3, -0.25) is 0 Å². The van der Waals surface area contributed by atoms with E-state index in [9.17, 15) is 0 Å². The quantitative estimate of drug-likeness (QED) is 0.406. The third-order valence-electron chi connectivity index (χ3n) is 0. The van der Waals surface area contributed by atoms with Crippen molar-refractivity contribution in [1.82, 2.24) is 0 Å². The van der Waals surface area contributed by atoms with E-state index in [-0.39, 0.29) is 171 Å². The molecule has 0 bridgehead atoms. The van der Waals surface area contributed by atoms with E-state index < -0.39 is 0 Å². The van der Waals surface area contributed by atoms with Crippen LogP contribution < -0.4 is 0 Å². The Hall–Kier alpha value is 5.43. The minimum absolute atomic E-state index is 0. The molecule has 0 aliphatic carbocycles. The van der Waals surface area contributed by atoms with Gasteiger partial charge in [-0.1, -0.05) is 0 Å². The van der Waals surface area contributed by atoms with Crippen molar-refractivity contribution in [2.24, 2.45) is 0 Å². The summed E-state index contributed by atoms with van der Waals surface area (Å²) in [7, 11) is 0. The maximum atomic E-state index is 0. The zero-order valence-electron chi connectivity index (χ0n) is 3.35. The summed E-state index contributed by atoms with van der Waals surface area (Å²) in [5.41, 5.74) is 0. The molecule has 11 valence electrons. The van der Waals surface area contributed by atoms with Crippen molar-refractivity contribution in [2.75, 3.05) is 0 Å². The van der Waals surface area contributed by atoms with Crippen molar-refractivity contribution in [3.8, 4) is 0 Å². The third kappa shape index (κ3) is 10.4.